The predicted octanol–water partition coefficient (Wildman–Crippen LogP) is 3.27. The Morgan fingerprint density at radius 1 is 1.25 bits per heavy atom. The van der Waals surface area contributed by atoms with Crippen LogP contribution in [-0.2, 0) is 6.18 Å². The number of β-amino-alcohol motifs (C(OH)–C–C–N with tert-alkyl or cyclic N) is 1. The molecule has 0 amide bonds. The SMILES string of the molecule is CC(C)(O)CN1CCC(c2ccccc2C(F)(F)F)C1. The highest BCUT2D eigenvalue weighted by molar-refractivity contribution is 5.33. The minimum atomic E-state index is -4.31. The summed E-state index contributed by atoms with van der Waals surface area (Å²) >= 11 is 0. The quantitative estimate of drug-likeness (QED) is 0.922. The molecule has 112 valence electrons. The molecule has 1 aliphatic heterocycles. The van der Waals surface area contributed by atoms with Gasteiger partial charge in [0.15, 0.2) is 0 Å². The van der Waals surface area contributed by atoms with E-state index in [1.165, 1.54) is 6.07 Å². The zero-order valence-electron chi connectivity index (χ0n) is 11.7. The topological polar surface area (TPSA) is 23.5 Å². The standard InChI is InChI=1S/C15H20F3NO/c1-14(2,20)10-19-8-7-11(9-19)12-5-3-4-6-13(12)15(16,17)18/h3-6,11,20H,7-10H2,1-2H3. The summed E-state index contributed by atoms with van der Waals surface area (Å²) in [7, 11) is 0. The Kier molecular flexibility index (Phi) is 4.12. The first-order valence-electron chi connectivity index (χ1n) is 6.78. The van der Waals surface area contributed by atoms with Crippen LogP contribution in [0.4, 0.5) is 13.2 Å². The molecule has 0 radical (unpaired) electrons. The van der Waals surface area contributed by atoms with Crippen molar-refractivity contribution in [3.63, 3.8) is 0 Å². The molecular formula is C15H20F3NO. The molecule has 5 heteroatoms. The van der Waals surface area contributed by atoms with Crippen LogP contribution in [0.2, 0.25) is 0 Å². The lowest BCUT2D eigenvalue weighted by Crippen LogP contribution is -2.37. The van der Waals surface area contributed by atoms with Gasteiger partial charge in [-0.25, -0.2) is 0 Å². The Hall–Kier alpha value is -1.07. The van der Waals surface area contributed by atoms with Gasteiger partial charge in [-0.2, -0.15) is 13.2 Å². The van der Waals surface area contributed by atoms with Gasteiger partial charge in [-0.15, -0.1) is 0 Å². The zero-order chi connectivity index (χ0) is 15.0. The number of hydrogen-bond acceptors (Lipinski definition) is 2. The molecule has 0 aromatic heterocycles. The largest absolute Gasteiger partial charge is 0.416 e. The van der Waals surface area contributed by atoms with Crippen molar-refractivity contribution in [2.24, 2.45) is 0 Å². The summed E-state index contributed by atoms with van der Waals surface area (Å²) in [6, 6.07) is 5.80. The maximum atomic E-state index is 13.0. The first-order chi connectivity index (χ1) is 9.17. The van der Waals surface area contributed by atoms with Crippen LogP contribution in [0, 0.1) is 0 Å². The van der Waals surface area contributed by atoms with Crippen LogP contribution < -0.4 is 0 Å². The van der Waals surface area contributed by atoms with Crippen LogP contribution in [0.15, 0.2) is 24.3 Å². The molecule has 20 heavy (non-hydrogen) atoms. The molecule has 0 saturated carbocycles. The summed E-state index contributed by atoms with van der Waals surface area (Å²) in [5, 5.41) is 9.80. The van der Waals surface area contributed by atoms with Gasteiger partial charge >= 0.3 is 6.18 Å². The van der Waals surface area contributed by atoms with Crippen molar-refractivity contribution in [3.05, 3.63) is 35.4 Å². The van der Waals surface area contributed by atoms with Crippen molar-refractivity contribution < 1.29 is 18.3 Å². The average molecular weight is 287 g/mol. The molecule has 1 unspecified atom stereocenters. The fourth-order valence-electron chi connectivity index (χ4n) is 2.89. The average Bonchev–Trinajstić information content (AvgIpc) is 2.74. The molecule has 1 heterocycles. The third-order valence-corrected chi connectivity index (χ3v) is 3.59. The Balaban J connectivity index is 2.15. The first-order valence-corrected chi connectivity index (χ1v) is 6.78. The van der Waals surface area contributed by atoms with Crippen molar-refractivity contribution in [3.8, 4) is 0 Å². The van der Waals surface area contributed by atoms with Gasteiger partial charge < -0.3 is 5.11 Å². The molecule has 1 N–H and O–H groups in total. The smallest absolute Gasteiger partial charge is 0.389 e. The van der Waals surface area contributed by atoms with Gasteiger partial charge in [0.25, 0.3) is 0 Å². The van der Waals surface area contributed by atoms with E-state index in [4.69, 9.17) is 0 Å². The maximum absolute atomic E-state index is 13.0. The number of nitrogens with zero attached hydrogens (tertiary/aromatic N) is 1. The zero-order valence-corrected chi connectivity index (χ0v) is 11.7. The van der Waals surface area contributed by atoms with Crippen LogP contribution in [-0.4, -0.2) is 35.2 Å². The van der Waals surface area contributed by atoms with Crippen molar-refractivity contribution in [1.82, 2.24) is 4.90 Å². The Labute approximate surface area is 117 Å². The van der Waals surface area contributed by atoms with Crippen LogP contribution in [0.5, 0.6) is 0 Å². The lowest BCUT2D eigenvalue weighted by Gasteiger charge is -2.25. The Morgan fingerprint density at radius 3 is 2.50 bits per heavy atom. The van der Waals surface area contributed by atoms with Crippen LogP contribution in [0.1, 0.15) is 37.3 Å². The molecular weight excluding hydrogens is 267 g/mol. The van der Waals surface area contributed by atoms with Crippen LogP contribution in [0.3, 0.4) is 0 Å². The second-order valence-corrected chi connectivity index (χ2v) is 6.12. The molecule has 1 aromatic carbocycles. The molecule has 2 rings (SSSR count). The number of alkyl halides is 3. The van der Waals surface area contributed by atoms with E-state index in [1.54, 1.807) is 26.0 Å². The van der Waals surface area contributed by atoms with Crippen LogP contribution >= 0.6 is 0 Å². The highest BCUT2D eigenvalue weighted by Gasteiger charge is 2.37. The summed E-state index contributed by atoms with van der Waals surface area (Å²) in [6.07, 6.45) is -3.61. The van der Waals surface area contributed by atoms with Gasteiger partial charge in [0, 0.05) is 13.1 Å². The van der Waals surface area contributed by atoms with Gasteiger partial charge in [-0.05, 0) is 44.4 Å². The second-order valence-electron chi connectivity index (χ2n) is 6.12. The van der Waals surface area contributed by atoms with E-state index in [0.29, 0.717) is 25.1 Å². The fraction of sp³-hybridized carbons (Fsp3) is 0.600. The van der Waals surface area contributed by atoms with Gasteiger partial charge in [0.05, 0.1) is 11.2 Å². The highest BCUT2D eigenvalue weighted by Crippen LogP contribution is 2.38. The summed E-state index contributed by atoms with van der Waals surface area (Å²) in [5.41, 5.74) is -0.980. The monoisotopic (exact) mass is 287 g/mol. The van der Waals surface area contributed by atoms with E-state index in [1.807, 2.05) is 4.90 Å². The number of halogens is 3. The maximum Gasteiger partial charge on any atom is 0.416 e. The molecule has 1 fully saturated rings. The number of aliphatic hydroxyl groups is 1. The molecule has 2 nitrogen and oxygen atoms in total. The van der Waals surface area contributed by atoms with E-state index in [9.17, 15) is 18.3 Å². The first kappa shape index (κ1) is 15.3. The summed E-state index contributed by atoms with van der Waals surface area (Å²) in [5.74, 6) is -0.116. The van der Waals surface area contributed by atoms with Crippen molar-refractivity contribution in [1.29, 1.82) is 0 Å². The van der Waals surface area contributed by atoms with Gasteiger partial charge in [-0.3, -0.25) is 4.90 Å². The molecule has 1 atom stereocenters. The molecule has 1 aliphatic rings. The number of hydrogen-bond donors (Lipinski definition) is 1. The van der Waals surface area contributed by atoms with Crippen molar-refractivity contribution >= 4 is 0 Å². The van der Waals surface area contributed by atoms with Gasteiger partial charge in [-0.1, -0.05) is 18.2 Å². The van der Waals surface area contributed by atoms with Gasteiger partial charge in [0.1, 0.15) is 0 Å². The minimum absolute atomic E-state index is 0.116. The molecule has 1 aromatic rings. The predicted molar refractivity (Wildman–Crippen MR) is 71.5 cm³/mol. The lowest BCUT2D eigenvalue weighted by atomic mass is 9.93. The number of rotatable bonds is 3. The van der Waals surface area contributed by atoms with Crippen molar-refractivity contribution in [2.45, 2.75) is 38.0 Å². The number of likely N-dealkylation sites (tertiary alicyclic amines) is 1. The summed E-state index contributed by atoms with van der Waals surface area (Å²) < 4.78 is 39.0. The normalized spacial score (nSPS) is 21.4. The minimum Gasteiger partial charge on any atom is -0.389 e. The van der Waals surface area contributed by atoms with E-state index >= 15 is 0 Å². The summed E-state index contributed by atoms with van der Waals surface area (Å²) in [4.78, 5) is 2.03. The van der Waals surface area contributed by atoms with Crippen molar-refractivity contribution in [2.75, 3.05) is 19.6 Å². The highest BCUT2D eigenvalue weighted by atomic mass is 19.4. The summed E-state index contributed by atoms with van der Waals surface area (Å²) in [6.45, 7) is 5.20. The second kappa shape index (κ2) is 5.37. The fourth-order valence-corrected chi connectivity index (χ4v) is 2.89. The van der Waals surface area contributed by atoms with E-state index in [2.05, 4.69) is 0 Å². The van der Waals surface area contributed by atoms with Gasteiger partial charge in [0.2, 0.25) is 0 Å². The third kappa shape index (κ3) is 3.73. The molecule has 1 saturated heterocycles. The van der Waals surface area contributed by atoms with Crippen LogP contribution in [0.25, 0.3) is 0 Å². The molecule has 0 spiro atoms. The van der Waals surface area contributed by atoms with E-state index in [-0.39, 0.29) is 5.92 Å². The van der Waals surface area contributed by atoms with E-state index < -0.39 is 17.3 Å². The number of benzene rings is 1. The molecule has 0 aliphatic carbocycles. The van der Waals surface area contributed by atoms with E-state index in [0.717, 1.165) is 12.6 Å². The Bertz CT molecular complexity index is 465. The lowest BCUT2D eigenvalue weighted by molar-refractivity contribution is -0.138. The third-order valence-electron chi connectivity index (χ3n) is 3.59. The molecule has 0 bridgehead atoms. The Morgan fingerprint density at radius 2 is 1.90 bits per heavy atom.